The van der Waals surface area contributed by atoms with Gasteiger partial charge >= 0.3 is 41.2 Å². The number of anilines is 1. The van der Waals surface area contributed by atoms with Crippen LogP contribution in [0.2, 0.25) is 10.0 Å². The second-order valence-electron chi connectivity index (χ2n) is 4.52. The number of hydrogen-bond donors (Lipinski definition) is 1. The molecule has 0 aliphatic carbocycles. The molecule has 1 aromatic heterocycles. The summed E-state index contributed by atoms with van der Waals surface area (Å²) in [5.74, 6) is -0.637. The van der Waals surface area contributed by atoms with Gasteiger partial charge in [-0.05, 0) is 23.9 Å². The van der Waals surface area contributed by atoms with E-state index in [9.17, 15) is 26.3 Å². The predicted molar refractivity (Wildman–Crippen MR) is 85.7 cm³/mol. The molecule has 0 saturated carbocycles. The first-order valence-electron chi connectivity index (χ1n) is 6.43. The number of thioether (sulfide) groups is 1. The Kier molecular flexibility index (Phi) is 10.2. The average molecular weight is 489 g/mol. The van der Waals surface area contributed by atoms with E-state index in [-0.39, 0.29) is 35.2 Å². The van der Waals surface area contributed by atoms with Crippen molar-refractivity contribution in [2.45, 2.75) is 16.6 Å². The number of nitrogens with zero attached hydrogens (tertiary/aromatic N) is 3. The maximum atomic E-state index is 12.7. The fraction of sp³-hybridized carbons (Fsp3) is 0.154. The van der Waals surface area contributed by atoms with Crippen LogP contribution < -0.4 is 40.4 Å². The van der Waals surface area contributed by atoms with Crippen LogP contribution in [0, 0.1) is 11.3 Å². The maximum absolute atomic E-state index is 12.7. The summed E-state index contributed by atoms with van der Waals surface area (Å²) in [5.41, 5.74) is -1.41. The van der Waals surface area contributed by atoms with Gasteiger partial charge in [-0.15, -0.1) is 0 Å². The smallest absolute Gasteiger partial charge is 0.554 e. The minimum Gasteiger partial charge on any atom is -0.554 e. The second kappa shape index (κ2) is 10.6. The van der Waals surface area contributed by atoms with Crippen LogP contribution >= 0.6 is 35.0 Å². The van der Waals surface area contributed by atoms with Crippen molar-refractivity contribution in [3.05, 3.63) is 33.4 Å². The number of nitriles is 1. The molecule has 16 heteroatoms. The van der Waals surface area contributed by atoms with Crippen molar-refractivity contribution in [1.82, 2.24) is 9.78 Å². The van der Waals surface area contributed by atoms with Crippen LogP contribution in [-0.4, -0.2) is 21.8 Å². The first kappa shape index (κ1) is 27.7. The van der Waals surface area contributed by atoms with Gasteiger partial charge in [0.05, 0.1) is 20.5 Å². The fourth-order valence-corrected chi connectivity index (χ4v) is 3.06. The van der Waals surface area contributed by atoms with E-state index in [0.29, 0.717) is 16.8 Å². The third-order valence-electron chi connectivity index (χ3n) is 2.76. The summed E-state index contributed by atoms with van der Waals surface area (Å²) in [5, 5.41) is 19.6. The Morgan fingerprint density at radius 3 is 2.00 bits per heavy atom. The topological polar surface area (TPSA) is 108 Å². The molecule has 1 heterocycles. The zero-order chi connectivity index (χ0) is 21.9. The van der Waals surface area contributed by atoms with E-state index in [1.807, 2.05) is 0 Å². The SMILES string of the molecule is N#Cc1nn(-c2c(Cl)cc(C(F)(F)F)cc2Cl)c(N)c1SC(F)(F)F.O=C[O-].[Na+]. The minimum atomic E-state index is -4.76. The van der Waals surface area contributed by atoms with Crippen molar-refractivity contribution < 1.29 is 65.8 Å². The van der Waals surface area contributed by atoms with Crippen LogP contribution in [0.1, 0.15) is 11.3 Å². The number of carbonyl (C=O) groups is 1. The van der Waals surface area contributed by atoms with Crippen molar-refractivity contribution in [1.29, 1.82) is 5.26 Å². The van der Waals surface area contributed by atoms with Gasteiger partial charge in [0.25, 0.3) is 0 Å². The number of carbonyl (C=O) groups excluding carboxylic acids is 1. The van der Waals surface area contributed by atoms with Crippen molar-refractivity contribution in [3.8, 4) is 11.8 Å². The Hall–Kier alpha value is -1.30. The third-order valence-corrected chi connectivity index (χ3v) is 4.17. The Labute approximate surface area is 194 Å². The van der Waals surface area contributed by atoms with Crippen LogP contribution in [0.25, 0.3) is 5.69 Å². The predicted octanol–water partition coefficient (Wildman–Crippen LogP) is 0.634. The summed E-state index contributed by atoms with van der Waals surface area (Å²) in [7, 11) is 0. The number of rotatable bonds is 2. The Bertz CT molecular complexity index is 907. The summed E-state index contributed by atoms with van der Waals surface area (Å²) in [4.78, 5) is 7.54. The molecule has 0 fully saturated rings. The van der Waals surface area contributed by atoms with Gasteiger partial charge in [-0.25, -0.2) is 4.68 Å². The van der Waals surface area contributed by atoms with Gasteiger partial charge in [0, 0.05) is 6.47 Å². The number of carboxylic acid groups (broad SMARTS) is 1. The Morgan fingerprint density at radius 1 is 1.21 bits per heavy atom. The number of halogens is 8. The van der Waals surface area contributed by atoms with Crippen molar-refractivity contribution in [2.75, 3.05) is 5.73 Å². The van der Waals surface area contributed by atoms with E-state index in [1.165, 1.54) is 6.07 Å². The van der Waals surface area contributed by atoms with Gasteiger partial charge < -0.3 is 15.6 Å². The molecule has 0 unspecified atom stereocenters. The van der Waals surface area contributed by atoms with Gasteiger partial charge in [-0.1, -0.05) is 23.2 Å². The Balaban J connectivity index is 0.00000184. The van der Waals surface area contributed by atoms with Crippen molar-refractivity contribution >= 4 is 47.3 Å². The molecule has 29 heavy (non-hydrogen) atoms. The monoisotopic (exact) mass is 488 g/mol. The molecule has 0 bridgehead atoms. The molecule has 1 aromatic carbocycles. The molecule has 2 rings (SSSR count). The molecule has 2 aromatic rings. The van der Waals surface area contributed by atoms with E-state index in [0.717, 1.165) is 0 Å². The number of alkyl halides is 6. The molecule has 0 aliphatic rings. The molecule has 0 saturated heterocycles. The van der Waals surface area contributed by atoms with Crippen LogP contribution in [0.5, 0.6) is 0 Å². The minimum absolute atomic E-state index is 0. The molecule has 0 aliphatic heterocycles. The third kappa shape index (κ3) is 7.16. The summed E-state index contributed by atoms with van der Waals surface area (Å²) in [6.07, 6.45) is -4.74. The molecule has 6 nitrogen and oxygen atoms in total. The van der Waals surface area contributed by atoms with Gasteiger partial charge in [0.15, 0.2) is 5.69 Å². The van der Waals surface area contributed by atoms with Crippen LogP contribution in [-0.2, 0) is 11.0 Å². The number of nitrogen functional groups attached to an aromatic ring is 1. The average Bonchev–Trinajstić information content (AvgIpc) is 2.82. The summed E-state index contributed by atoms with van der Waals surface area (Å²) in [6.45, 7) is -0.500. The number of hydrogen-bond acceptors (Lipinski definition) is 6. The molecule has 2 N–H and O–H groups in total. The van der Waals surface area contributed by atoms with E-state index in [1.54, 1.807) is 0 Å². The molecule has 0 radical (unpaired) electrons. The van der Waals surface area contributed by atoms with E-state index in [2.05, 4.69) is 5.10 Å². The van der Waals surface area contributed by atoms with Crippen LogP contribution in [0.15, 0.2) is 17.0 Å². The summed E-state index contributed by atoms with van der Waals surface area (Å²) < 4.78 is 76.5. The quantitative estimate of drug-likeness (QED) is 0.287. The number of nitrogens with two attached hydrogens (primary N) is 1. The van der Waals surface area contributed by atoms with Gasteiger partial charge in [0.1, 0.15) is 17.6 Å². The van der Waals surface area contributed by atoms with Gasteiger partial charge in [0.2, 0.25) is 0 Å². The maximum Gasteiger partial charge on any atom is 1.00 e. The number of benzene rings is 1. The van der Waals surface area contributed by atoms with E-state index >= 15 is 0 Å². The first-order chi connectivity index (χ1) is 12.8. The van der Waals surface area contributed by atoms with Gasteiger partial charge in [-0.2, -0.15) is 36.7 Å². The molecule has 0 amide bonds. The van der Waals surface area contributed by atoms with Crippen LogP contribution in [0.4, 0.5) is 32.2 Å². The van der Waals surface area contributed by atoms with Crippen molar-refractivity contribution in [2.24, 2.45) is 0 Å². The summed E-state index contributed by atoms with van der Waals surface area (Å²) in [6, 6.07) is 2.47. The van der Waals surface area contributed by atoms with E-state index < -0.39 is 61.9 Å². The zero-order valence-electron chi connectivity index (χ0n) is 13.9. The largest absolute Gasteiger partial charge is 1.00 e. The second-order valence-corrected chi connectivity index (χ2v) is 6.41. The first-order valence-corrected chi connectivity index (χ1v) is 8.00. The number of aromatic nitrogens is 2. The summed E-state index contributed by atoms with van der Waals surface area (Å²) >= 11 is 10.9. The fourth-order valence-electron chi connectivity index (χ4n) is 1.81. The van der Waals surface area contributed by atoms with Crippen molar-refractivity contribution in [3.63, 3.8) is 0 Å². The normalized spacial score (nSPS) is 11.0. The zero-order valence-corrected chi connectivity index (χ0v) is 18.2. The molecular weight excluding hydrogens is 484 g/mol. The van der Waals surface area contributed by atoms with Crippen LogP contribution in [0.3, 0.4) is 0 Å². The molecule has 0 atom stereocenters. The standard InChI is InChI=1S/C12H4Cl2F6N4S.CH2O2.Na/c13-5-1-4(11(15,16)17)2-6(14)8(5)24-10(22)9(7(3-21)23-24)25-12(18,19)20;2-1-3;/h1-2H,22H2;1H,(H,2,3);/q;;+1/p-1. The molecule has 152 valence electrons. The Morgan fingerprint density at radius 2 is 1.66 bits per heavy atom. The van der Waals surface area contributed by atoms with Gasteiger partial charge in [-0.3, -0.25) is 0 Å². The molecule has 0 spiro atoms. The van der Waals surface area contributed by atoms with E-state index in [4.69, 9.17) is 44.1 Å². The molecular formula is C13H5Cl2F6N4NaO2S.